The maximum Gasteiger partial charge on any atom is 0.220 e. The van der Waals surface area contributed by atoms with Gasteiger partial charge in [0, 0.05) is 6.42 Å². The smallest absolute Gasteiger partial charge is 0.220 e. The molecule has 3 aliphatic heterocycles. The third kappa shape index (κ3) is 29.2. The van der Waals surface area contributed by atoms with Crippen molar-refractivity contribution in [2.24, 2.45) is 0 Å². The topological polar surface area (TPSA) is 307 Å². The van der Waals surface area contributed by atoms with Crippen molar-refractivity contribution in [2.45, 2.75) is 349 Å². The molecule has 19 nitrogen and oxygen atoms in total. The van der Waals surface area contributed by atoms with Crippen LogP contribution in [-0.4, -0.2) is 193 Å². The average Bonchev–Trinajstić information content (AvgIpc) is 3.46. The lowest BCUT2D eigenvalue weighted by atomic mass is 9.96. The Kier molecular flexibility index (Phi) is 41.7. The molecule has 0 aromatic rings. The summed E-state index contributed by atoms with van der Waals surface area (Å²) in [4.78, 5) is 13.4. The van der Waals surface area contributed by atoms with Crippen molar-refractivity contribution in [3.8, 4) is 0 Å². The van der Waals surface area contributed by atoms with Gasteiger partial charge in [-0.15, -0.1) is 0 Å². The minimum absolute atomic E-state index is 0.245. The highest BCUT2D eigenvalue weighted by atomic mass is 16.8. The van der Waals surface area contributed by atoms with Crippen molar-refractivity contribution in [3.05, 3.63) is 12.2 Å². The van der Waals surface area contributed by atoms with Crippen LogP contribution in [0.3, 0.4) is 0 Å². The Morgan fingerprint density at radius 3 is 1.25 bits per heavy atom. The second-order valence-electron chi connectivity index (χ2n) is 23.6. The first-order chi connectivity index (χ1) is 39.3. The van der Waals surface area contributed by atoms with E-state index in [0.29, 0.717) is 6.42 Å². The van der Waals surface area contributed by atoms with Gasteiger partial charge in [-0.25, -0.2) is 0 Å². The maximum absolute atomic E-state index is 13.4. The van der Waals surface area contributed by atoms with Gasteiger partial charge in [0.1, 0.15) is 73.2 Å². The van der Waals surface area contributed by atoms with Gasteiger partial charge in [-0.3, -0.25) is 4.79 Å². The monoisotopic (exact) mass is 1160 g/mol. The zero-order valence-electron chi connectivity index (χ0n) is 50.0. The summed E-state index contributed by atoms with van der Waals surface area (Å²) in [7, 11) is 0. The molecular formula is C62H117NO18. The molecule has 0 aliphatic carbocycles. The van der Waals surface area contributed by atoms with E-state index in [1.807, 2.05) is 6.08 Å². The fourth-order valence-corrected chi connectivity index (χ4v) is 11.2. The van der Waals surface area contributed by atoms with Gasteiger partial charge in [0.25, 0.3) is 0 Å². The lowest BCUT2D eigenvalue weighted by Gasteiger charge is -2.48. The van der Waals surface area contributed by atoms with Crippen molar-refractivity contribution in [1.82, 2.24) is 5.32 Å². The van der Waals surface area contributed by atoms with Crippen LogP contribution in [0.5, 0.6) is 0 Å². The molecule has 0 spiro atoms. The summed E-state index contributed by atoms with van der Waals surface area (Å²) in [6.45, 7) is 1.71. The van der Waals surface area contributed by atoms with Crippen molar-refractivity contribution < 1.29 is 89.4 Å². The Morgan fingerprint density at radius 1 is 0.432 bits per heavy atom. The maximum atomic E-state index is 13.4. The van der Waals surface area contributed by atoms with Gasteiger partial charge in [-0.1, -0.05) is 231 Å². The second-order valence-corrected chi connectivity index (χ2v) is 23.6. The van der Waals surface area contributed by atoms with E-state index in [1.165, 1.54) is 173 Å². The number of amides is 1. The van der Waals surface area contributed by atoms with Crippen LogP contribution in [0.4, 0.5) is 0 Å². The number of hydrogen-bond acceptors (Lipinski definition) is 18. The molecule has 0 aromatic carbocycles. The first kappa shape index (κ1) is 73.8. The Morgan fingerprint density at radius 2 is 0.802 bits per heavy atom. The van der Waals surface area contributed by atoms with E-state index in [1.54, 1.807) is 6.08 Å². The summed E-state index contributed by atoms with van der Waals surface area (Å²) in [6.07, 6.45) is 20.2. The molecule has 0 aromatic heterocycles. The molecule has 3 fully saturated rings. The lowest BCUT2D eigenvalue weighted by Crippen LogP contribution is -2.67. The normalized spacial score (nSPS) is 29.8. The molecule has 478 valence electrons. The van der Waals surface area contributed by atoms with E-state index >= 15 is 0 Å². The molecule has 0 saturated carbocycles. The molecule has 19 heteroatoms. The Balaban J connectivity index is 1.46. The van der Waals surface area contributed by atoms with Crippen molar-refractivity contribution in [1.29, 1.82) is 0 Å². The largest absolute Gasteiger partial charge is 0.394 e. The van der Waals surface area contributed by atoms with Gasteiger partial charge >= 0.3 is 0 Å². The van der Waals surface area contributed by atoms with Crippen molar-refractivity contribution in [3.63, 3.8) is 0 Å². The molecule has 9 unspecified atom stereocenters. The molecule has 0 radical (unpaired) electrons. The zero-order valence-corrected chi connectivity index (χ0v) is 50.0. The molecule has 0 bridgehead atoms. The predicted molar refractivity (Wildman–Crippen MR) is 310 cm³/mol. The van der Waals surface area contributed by atoms with Gasteiger partial charge in [0.05, 0.1) is 38.6 Å². The first-order valence-electron chi connectivity index (χ1n) is 32.4. The number of unbranched alkanes of at least 4 members (excludes halogenated alkanes) is 33. The number of carbonyl (C=O) groups is 1. The molecular weight excluding hydrogens is 1050 g/mol. The molecule has 3 heterocycles. The van der Waals surface area contributed by atoms with Crippen LogP contribution in [0, 0.1) is 0 Å². The summed E-state index contributed by atoms with van der Waals surface area (Å²) in [6, 6.07) is -0.974. The van der Waals surface area contributed by atoms with Crippen molar-refractivity contribution >= 4 is 5.91 Å². The van der Waals surface area contributed by atoms with Crippen LogP contribution in [0.15, 0.2) is 12.2 Å². The third-order valence-corrected chi connectivity index (χ3v) is 16.6. The summed E-state index contributed by atoms with van der Waals surface area (Å²) in [5, 5.41) is 120. The number of ether oxygens (including phenoxy) is 6. The predicted octanol–water partition coefficient (Wildman–Crippen LogP) is 6.94. The van der Waals surface area contributed by atoms with E-state index in [9.17, 15) is 61.0 Å². The third-order valence-electron chi connectivity index (χ3n) is 16.6. The minimum atomic E-state index is -1.97. The molecule has 12 N–H and O–H groups in total. The highest BCUT2D eigenvalue weighted by molar-refractivity contribution is 5.76. The van der Waals surface area contributed by atoms with Crippen LogP contribution in [-0.2, 0) is 33.2 Å². The van der Waals surface area contributed by atoms with Crippen molar-refractivity contribution in [2.75, 3.05) is 26.4 Å². The lowest BCUT2D eigenvalue weighted by molar-refractivity contribution is -0.380. The summed E-state index contributed by atoms with van der Waals surface area (Å²) in [5.41, 5.74) is 0. The van der Waals surface area contributed by atoms with E-state index in [4.69, 9.17) is 28.4 Å². The number of rotatable bonds is 49. The second kappa shape index (κ2) is 45.8. The number of hydrogen-bond donors (Lipinski definition) is 12. The SMILES string of the molecule is CCCCCCCCCCCCC/C=C/[C@@H](O)[C@H](CO[C@@H]1OC(CO)[C@H](O[C@@H]2OC(CO)[C@H](O)C(O[C@H]3OC(CO)[C@H](O)C(O)C3O)C2O)C(O)C1O)NC(=O)CCCCCCCCCCCCCCCCCCCCCCCCC. The summed E-state index contributed by atoms with van der Waals surface area (Å²) in [5.74, 6) is -0.275. The summed E-state index contributed by atoms with van der Waals surface area (Å²) >= 11 is 0. The van der Waals surface area contributed by atoms with Gasteiger partial charge in [0.2, 0.25) is 5.91 Å². The van der Waals surface area contributed by atoms with Crippen LogP contribution in [0.25, 0.3) is 0 Å². The standard InChI is InChI=1S/C62H117NO18/c1-3-5-7-9-11-13-15-17-18-19-20-21-22-23-24-25-26-28-30-32-34-36-38-40-50(68)63-45(46(67)39-37-35-33-31-29-27-16-14-12-10-8-6-4-2)44-76-60-56(74)54(72)58(49(43-66)79-60)80-62-57(75)59(52(70)48(42-65)78-62)81-61-55(73)53(71)51(69)47(41-64)77-61/h37,39,45-49,51-62,64-67,69-75H,3-36,38,40-44H2,1-2H3,(H,63,68)/b39-37+/t45-,46+,47?,48?,49?,51-,52-,53?,54?,55?,56?,57?,58-,59?,60+,61+,62-/m0/s1. The highest BCUT2D eigenvalue weighted by Crippen LogP contribution is 2.33. The number of aliphatic hydroxyl groups is 11. The molecule has 17 atom stereocenters. The quantitative estimate of drug-likeness (QED) is 0.0217. The van der Waals surface area contributed by atoms with Gasteiger partial charge in [-0.05, 0) is 19.3 Å². The average molecular weight is 1160 g/mol. The van der Waals surface area contributed by atoms with E-state index in [0.717, 1.165) is 44.9 Å². The van der Waals surface area contributed by atoms with Crippen LogP contribution in [0.2, 0.25) is 0 Å². The van der Waals surface area contributed by atoms with Gasteiger partial charge in [-0.2, -0.15) is 0 Å². The van der Waals surface area contributed by atoms with E-state index in [-0.39, 0.29) is 18.9 Å². The van der Waals surface area contributed by atoms with Crippen LogP contribution >= 0.6 is 0 Å². The number of allylic oxidation sites excluding steroid dienone is 1. The fourth-order valence-electron chi connectivity index (χ4n) is 11.2. The van der Waals surface area contributed by atoms with E-state index in [2.05, 4.69) is 19.2 Å². The molecule has 3 rings (SSSR count). The van der Waals surface area contributed by atoms with Crippen LogP contribution in [0.1, 0.15) is 245 Å². The Bertz CT molecular complexity index is 1530. The number of aliphatic hydroxyl groups excluding tert-OH is 11. The number of carbonyl (C=O) groups excluding carboxylic acids is 1. The molecule has 3 saturated heterocycles. The zero-order chi connectivity index (χ0) is 59.0. The minimum Gasteiger partial charge on any atom is -0.394 e. The fraction of sp³-hybridized carbons (Fsp3) is 0.952. The number of nitrogens with one attached hydrogen (secondary N) is 1. The molecule has 3 aliphatic rings. The Labute approximate surface area is 486 Å². The highest BCUT2D eigenvalue weighted by Gasteiger charge is 2.54. The molecule has 1 amide bonds. The van der Waals surface area contributed by atoms with Gasteiger partial charge < -0.3 is 89.9 Å². The summed E-state index contributed by atoms with van der Waals surface area (Å²) < 4.78 is 34.3. The molecule has 81 heavy (non-hydrogen) atoms. The first-order valence-corrected chi connectivity index (χ1v) is 32.4. The van der Waals surface area contributed by atoms with Crippen LogP contribution < -0.4 is 5.32 Å². The Hall–Kier alpha value is -1.47. The van der Waals surface area contributed by atoms with Gasteiger partial charge in [0.15, 0.2) is 18.9 Å². The van der Waals surface area contributed by atoms with E-state index < -0.39 is 124 Å².